The molecule has 0 atom stereocenters. The Morgan fingerprint density at radius 1 is 1.21 bits per heavy atom. The minimum atomic E-state index is -0.702. The topological polar surface area (TPSA) is 75.6 Å². The van der Waals surface area contributed by atoms with Gasteiger partial charge in [-0.1, -0.05) is 35.3 Å². The number of carbonyl (C=O) groups is 2. The third kappa shape index (κ3) is 4.28. The summed E-state index contributed by atoms with van der Waals surface area (Å²) in [6, 6.07) is 9.25. The van der Waals surface area contributed by atoms with Crippen LogP contribution >= 0.6 is 23.2 Å². The number of methoxy groups -OCH3 is 1. The van der Waals surface area contributed by atoms with Crippen LogP contribution in [0.5, 0.6) is 5.75 Å². The van der Waals surface area contributed by atoms with E-state index in [-0.39, 0.29) is 17.0 Å². The van der Waals surface area contributed by atoms with Crippen molar-refractivity contribution in [3.05, 3.63) is 63.6 Å². The molecule has 0 aliphatic carbocycles. The van der Waals surface area contributed by atoms with Gasteiger partial charge in [0.15, 0.2) is 5.75 Å². The predicted molar refractivity (Wildman–Crippen MR) is 93.6 cm³/mol. The van der Waals surface area contributed by atoms with Crippen LogP contribution < -0.4 is 5.32 Å². The maximum Gasteiger partial charge on any atom is 0.341 e. The van der Waals surface area contributed by atoms with Crippen molar-refractivity contribution < 1.29 is 19.4 Å². The van der Waals surface area contributed by atoms with Crippen molar-refractivity contribution in [2.75, 3.05) is 12.4 Å². The fourth-order valence-electron chi connectivity index (χ4n) is 1.90. The molecule has 2 aromatic rings. The van der Waals surface area contributed by atoms with Crippen LogP contribution in [0, 0.1) is 0 Å². The van der Waals surface area contributed by atoms with Crippen LogP contribution in [0.25, 0.3) is 6.08 Å². The molecular formula is C17H13Cl2NO4. The number of phenolic OH excluding ortho intramolecular Hbond substituents is 1. The van der Waals surface area contributed by atoms with E-state index in [4.69, 9.17) is 23.2 Å². The van der Waals surface area contributed by atoms with Crippen molar-refractivity contribution in [2.45, 2.75) is 0 Å². The number of carbonyl (C=O) groups excluding carboxylic acids is 2. The van der Waals surface area contributed by atoms with Gasteiger partial charge in [0.1, 0.15) is 5.56 Å². The molecule has 5 nitrogen and oxygen atoms in total. The zero-order valence-electron chi connectivity index (χ0n) is 12.5. The lowest BCUT2D eigenvalue weighted by atomic mass is 10.1. The number of aromatic hydroxyl groups is 1. The largest absolute Gasteiger partial charge is 0.505 e. The molecule has 0 bridgehead atoms. The highest BCUT2D eigenvalue weighted by Gasteiger charge is 2.15. The predicted octanol–water partition coefficient (Wildman–Crippen LogP) is 4.14. The maximum absolute atomic E-state index is 12.0. The average molecular weight is 366 g/mol. The number of rotatable bonds is 4. The van der Waals surface area contributed by atoms with Gasteiger partial charge in [0.25, 0.3) is 0 Å². The molecule has 0 spiro atoms. The summed E-state index contributed by atoms with van der Waals surface area (Å²) in [6.45, 7) is 0. The second-order valence-electron chi connectivity index (χ2n) is 4.68. The lowest BCUT2D eigenvalue weighted by Gasteiger charge is -2.08. The van der Waals surface area contributed by atoms with Gasteiger partial charge < -0.3 is 15.2 Å². The second-order valence-corrected chi connectivity index (χ2v) is 5.53. The Labute approximate surface area is 148 Å². The first-order chi connectivity index (χ1) is 11.4. The average Bonchev–Trinajstić information content (AvgIpc) is 2.55. The van der Waals surface area contributed by atoms with Gasteiger partial charge in [-0.25, -0.2) is 4.79 Å². The van der Waals surface area contributed by atoms with Gasteiger partial charge in [-0.05, 0) is 35.9 Å². The van der Waals surface area contributed by atoms with Crippen molar-refractivity contribution >= 4 is 46.8 Å². The fraction of sp³-hybridized carbons (Fsp3) is 0.0588. The Kier molecular flexibility index (Phi) is 5.84. The van der Waals surface area contributed by atoms with Crippen LogP contribution in [0.15, 0.2) is 42.5 Å². The van der Waals surface area contributed by atoms with Crippen LogP contribution in [0.3, 0.4) is 0 Å². The molecule has 0 fully saturated rings. The molecule has 1 amide bonds. The summed E-state index contributed by atoms with van der Waals surface area (Å²) in [6.07, 6.45) is 2.76. The second kappa shape index (κ2) is 7.86. The molecule has 0 aromatic heterocycles. The van der Waals surface area contributed by atoms with Crippen LogP contribution in [-0.4, -0.2) is 24.1 Å². The number of para-hydroxylation sites is 1. The smallest absolute Gasteiger partial charge is 0.341 e. The molecule has 0 aliphatic rings. The first-order valence-corrected chi connectivity index (χ1v) is 7.52. The number of nitrogens with one attached hydrogen (secondary N) is 1. The molecule has 0 radical (unpaired) electrons. The number of anilines is 1. The number of halogens is 2. The van der Waals surface area contributed by atoms with E-state index in [1.165, 1.54) is 37.5 Å². The number of hydrogen-bond acceptors (Lipinski definition) is 4. The van der Waals surface area contributed by atoms with Gasteiger partial charge in [0.05, 0.1) is 12.8 Å². The maximum atomic E-state index is 12.0. The Morgan fingerprint density at radius 3 is 2.62 bits per heavy atom. The number of hydrogen-bond donors (Lipinski definition) is 2. The van der Waals surface area contributed by atoms with Crippen LogP contribution in [0.1, 0.15) is 15.9 Å². The fourth-order valence-corrected chi connectivity index (χ4v) is 2.37. The molecule has 2 aromatic carbocycles. The van der Waals surface area contributed by atoms with Crippen molar-refractivity contribution in [1.29, 1.82) is 0 Å². The highest BCUT2D eigenvalue weighted by molar-refractivity contribution is 6.35. The third-order valence-corrected chi connectivity index (χ3v) is 3.64. The van der Waals surface area contributed by atoms with E-state index >= 15 is 0 Å². The lowest BCUT2D eigenvalue weighted by molar-refractivity contribution is -0.111. The molecule has 24 heavy (non-hydrogen) atoms. The number of esters is 1. The van der Waals surface area contributed by atoms with Gasteiger partial charge in [-0.15, -0.1) is 0 Å². The van der Waals surface area contributed by atoms with E-state index in [2.05, 4.69) is 10.1 Å². The molecule has 0 heterocycles. The molecule has 2 rings (SSSR count). The molecular weight excluding hydrogens is 353 g/mol. The summed E-state index contributed by atoms with van der Waals surface area (Å²) < 4.78 is 4.55. The number of phenols is 1. The van der Waals surface area contributed by atoms with E-state index in [9.17, 15) is 14.7 Å². The van der Waals surface area contributed by atoms with E-state index in [0.29, 0.717) is 15.6 Å². The summed E-state index contributed by atoms with van der Waals surface area (Å²) in [5.74, 6) is -1.57. The van der Waals surface area contributed by atoms with Crippen LogP contribution in [0.4, 0.5) is 5.69 Å². The number of amides is 1. The summed E-state index contributed by atoms with van der Waals surface area (Å²) in [7, 11) is 1.20. The third-order valence-electron chi connectivity index (χ3n) is 3.08. The van der Waals surface area contributed by atoms with Crippen LogP contribution in [0.2, 0.25) is 10.0 Å². The van der Waals surface area contributed by atoms with E-state index in [1.54, 1.807) is 18.2 Å². The lowest BCUT2D eigenvalue weighted by Crippen LogP contribution is -2.10. The summed E-state index contributed by atoms with van der Waals surface area (Å²) in [5.41, 5.74) is 0.665. The Balaban J connectivity index is 2.15. The van der Waals surface area contributed by atoms with Crippen molar-refractivity contribution in [3.8, 4) is 5.75 Å². The monoisotopic (exact) mass is 365 g/mol. The van der Waals surface area contributed by atoms with E-state index in [0.717, 1.165) is 0 Å². The first-order valence-electron chi connectivity index (χ1n) is 6.76. The molecule has 0 saturated heterocycles. The van der Waals surface area contributed by atoms with Gasteiger partial charge in [0, 0.05) is 16.1 Å². The standard InChI is InChI=1S/C17H13Cl2NO4/c1-24-17(23)12-3-2-4-14(16(12)22)20-15(21)8-6-10-5-7-11(18)9-13(10)19/h2-9,22H,1H3,(H,20,21)/b8-6+. The number of ether oxygens (including phenoxy) is 1. The minimum absolute atomic E-state index is 0.0416. The quantitative estimate of drug-likeness (QED) is 0.485. The van der Waals surface area contributed by atoms with Crippen molar-refractivity contribution in [1.82, 2.24) is 0 Å². The Hall–Kier alpha value is -2.50. The molecule has 2 N–H and O–H groups in total. The van der Waals surface area contributed by atoms with E-state index < -0.39 is 11.9 Å². The molecule has 124 valence electrons. The minimum Gasteiger partial charge on any atom is -0.505 e. The number of benzene rings is 2. The SMILES string of the molecule is COC(=O)c1cccc(NC(=O)/C=C/c2ccc(Cl)cc2Cl)c1O. The van der Waals surface area contributed by atoms with Crippen LogP contribution in [-0.2, 0) is 9.53 Å². The summed E-state index contributed by atoms with van der Waals surface area (Å²) >= 11 is 11.8. The summed E-state index contributed by atoms with van der Waals surface area (Å²) in [4.78, 5) is 23.5. The van der Waals surface area contributed by atoms with Gasteiger partial charge in [-0.3, -0.25) is 4.79 Å². The van der Waals surface area contributed by atoms with Crippen molar-refractivity contribution in [2.24, 2.45) is 0 Å². The Morgan fingerprint density at radius 2 is 1.96 bits per heavy atom. The molecule has 0 unspecified atom stereocenters. The molecule has 0 aliphatic heterocycles. The zero-order chi connectivity index (χ0) is 17.7. The van der Waals surface area contributed by atoms with Gasteiger partial charge in [0.2, 0.25) is 5.91 Å². The summed E-state index contributed by atoms with van der Waals surface area (Å²) in [5, 5.41) is 13.4. The molecule has 0 saturated carbocycles. The Bertz CT molecular complexity index is 818. The van der Waals surface area contributed by atoms with E-state index in [1.807, 2.05) is 0 Å². The van der Waals surface area contributed by atoms with Crippen molar-refractivity contribution in [3.63, 3.8) is 0 Å². The van der Waals surface area contributed by atoms with Gasteiger partial charge >= 0.3 is 5.97 Å². The highest BCUT2D eigenvalue weighted by Crippen LogP contribution is 2.28. The zero-order valence-corrected chi connectivity index (χ0v) is 14.1. The highest BCUT2D eigenvalue weighted by atomic mass is 35.5. The van der Waals surface area contributed by atoms with Gasteiger partial charge in [-0.2, -0.15) is 0 Å². The molecule has 7 heteroatoms. The first kappa shape index (κ1) is 17.8. The normalized spacial score (nSPS) is 10.6.